The summed E-state index contributed by atoms with van der Waals surface area (Å²) in [6, 6.07) is 0.281. The number of hydrogen-bond donors (Lipinski definition) is 2. The maximum Gasteiger partial charge on any atom is 0.240 e. The molecule has 2 fully saturated rings. The standard InChI is InChI=1S/C10H16N2O3/c13-8-3-1-7(2-4-8)12-5-9(14)11-10(15)6-12/h7-8,13H,1-6H2,(H,11,14,15). The van der Waals surface area contributed by atoms with Crippen LogP contribution in [-0.4, -0.2) is 47.1 Å². The lowest BCUT2D eigenvalue weighted by Crippen LogP contribution is -2.55. The molecule has 5 heteroatoms. The maximum absolute atomic E-state index is 11.2. The Kier molecular flexibility index (Phi) is 3.02. The molecule has 0 bridgehead atoms. The summed E-state index contributed by atoms with van der Waals surface area (Å²) in [5, 5.41) is 11.7. The highest BCUT2D eigenvalue weighted by Gasteiger charge is 2.30. The lowest BCUT2D eigenvalue weighted by atomic mass is 9.91. The summed E-state index contributed by atoms with van der Waals surface area (Å²) >= 11 is 0. The summed E-state index contributed by atoms with van der Waals surface area (Å²) in [5.41, 5.74) is 0. The summed E-state index contributed by atoms with van der Waals surface area (Å²) in [6.45, 7) is 0.624. The highest BCUT2D eigenvalue weighted by Crippen LogP contribution is 2.23. The average molecular weight is 212 g/mol. The molecule has 2 aliphatic rings. The Bertz CT molecular complexity index is 256. The largest absolute Gasteiger partial charge is 0.393 e. The number of carbonyl (C=O) groups excluding carboxylic acids is 2. The molecule has 0 aromatic rings. The van der Waals surface area contributed by atoms with Gasteiger partial charge in [0.05, 0.1) is 19.2 Å². The first-order valence-electron chi connectivity index (χ1n) is 5.40. The molecule has 5 nitrogen and oxygen atoms in total. The van der Waals surface area contributed by atoms with Gasteiger partial charge < -0.3 is 5.11 Å². The first-order valence-corrected chi connectivity index (χ1v) is 5.40. The molecule has 15 heavy (non-hydrogen) atoms. The molecular formula is C10H16N2O3. The number of aliphatic hydroxyl groups excluding tert-OH is 1. The van der Waals surface area contributed by atoms with E-state index in [-0.39, 0.29) is 24.0 Å². The Balaban J connectivity index is 1.92. The van der Waals surface area contributed by atoms with Crippen molar-refractivity contribution in [2.24, 2.45) is 0 Å². The number of imide groups is 1. The Hall–Kier alpha value is -0.940. The van der Waals surface area contributed by atoms with Gasteiger partial charge in [-0.3, -0.25) is 19.8 Å². The van der Waals surface area contributed by atoms with E-state index < -0.39 is 0 Å². The first-order chi connectivity index (χ1) is 7.15. The van der Waals surface area contributed by atoms with Crippen molar-refractivity contribution < 1.29 is 14.7 Å². The van der Waals surface area contributed by atoms with Crippen LogP contribution in [0.2, 0.25) is 0 Å². The van der Waals surface area contributed by atoms with Gasteiger partial charge >= 0.3 is 0 Å². The number of nitrogens with zero attached hydrogens (tertiary/aromatic N) is 1. The van der Waals surface area contributed by atoms with Gasteiger partial charge in [0.1, 0.15) is 0 Å². The van der Waals surface area contributed by atoms with Gasteiger partial charge in [-0.15, -0.1) is 0 Å². The van der Waals surface area contributed by atoms with Crippen molar-refractivity contribution in [1.29, 1.82) is 0 Å². The molecule has 0 aromatic heterocycles. The molecular weight excluding hydrogens is 196 g/mol. The minimum absolute atomic E-state index is 0.199. The molecule has 84 valence electrons. The van der Waals surface area contributed by atoms with Crippen molar-refractivity contribution in [2.45, 2.75) is 37.8 Å². The SMILES string of the molecule is O=C1CN(C2CCC(O)CC2)CC(=O)N1. The van der Waals surface area contributed by atoms with Crippen molar-refractivity contribution >= 4 is 11.8 Å². The average Bonchev–Trinajstić information content (AvgIpc) is 2.17. The van der Waals surface area contributed by atoms with Gasteiger partial charge in [-0.2, -0.15) is 0 Å². The highest BCUT2D eigenvalue weighted by molar-refractivity contribution is 5.99. The minimum Gasteiger partial charge on any atom is -0.393 e. The zero-order chi connectivity index (χ0) is 10.8. The third-order valence-electron chi connectivity index (χ3n) is 3.15. The molecule has 1 aliphatic carbocycles. The van der Waals surface area contributed by atoms with Crippen molar-refractivity contribution in [1.82, 2.24) is 10.2 Å². The van der Waals surface area contributed by atoms with Gasteiger partial charge in [0.25, 0.3) is 0 Å². The molecule has 1 heterocycles. The maximum atomic E-state index is 11.2. The molecule has 1 saturated carbocycles. The van der Waals surface area contributed by atoms with Crippen LogP contribution in [0.1, 0.15) is 25.7 Å². The van der Waals surface area contributed by atoms with Crippen molar-refractivity contribution in [3.8, 4) is 0 Å². The van der Waals surface area contributed by atoms with Crippen LogP contribution >= 0.6 is 0 Å². The fraction of sp³-hybridized carbons (Fsp3) is 0.800. The monoisotopic (exact) mass is 212 g/mol. The molecule has 0 radical (unpaired) electrons. The number of nitrogens with one attached hydrogen (secondary N) is 1. The Morgan fingerprint density at radius 2 is 1.60 bits per heavy atom. The van der Waals surface area contributed by atoms with E-state index in [1.807, 2.05) is 4.90 Å². The van der Waals surface area contributed by atoms with Crippen LogP contribution in [0.5, 0.6) is 0 Å². The van der Waals surface area contributed by atoms with Crippen molar-refractivity contribution in [2.75, 3.05) is 13.1 Å². The van der Waals surface area contributed by atoms with E-state index >= 15 is 0 Å². The van der Waals surface area contributed by atoms with E-state index in [1.54, 1.807) is 0 Å². The van der Waals surface area contributed by atoms with Gasteiger partial charge in [-0.1, -0.05) is 0 Å². The molecule has 0 aromatic carbocycles. The molecule has 2 N–H and O–H groups in total. The summed E-state index contributed by atoms with van der Waals surface area (Å²) in [5.74, 6) is -0.422. The van der Waals surface area contributed by atoms with Crippen LogP contribution < -0.4 is 5.32 Å². The van der Waals surface area contributed by atoms with E-state index in [1.165, 1.54) is 0 Å². The number of aliphatic hydroxyl groups is 1. The van der Waals surface area contributed by atoms with E-state index in [0.717, 1.165) is 25.7 Å². The van der Waals surface area contributed by atoms with Crippen LogP contribution in [0.25, 0.3) is 0 Å². The molecule has 0 unspecified atom stereocenters. The van der Waals surface area contributed by atoms with E-state index in [0.29, 0.717) is 13.1 Å². The second-order valence-electron chi connectivity index (χ2n) is 4.34. The van der Waals surface area contributed by atoms with Crippen LogP contribution in [0.4, 0.5) is 0 Å². The molecule has 2 rings (SSSR count). The Labute approximate surface area is 88.4 Å². The predicted octanol–water partition coefficient (Wildman–Crippen LogP) is -0.752. The van der Waals surface area contributed by atoms with Crippen LogP contribution in [0, 0.1) is 0 Å². The minimum atomic E-state index is -0.211. The second kappa shape index (κ2) is 4.28. The number of carbonyl (C=O) groups is 2. The Morgan fingerprint density at radius 3 is 2.13 bits per heavy atom. The number of rotatable bonds is 1. The molecule has 1 saturated heterocycles. The Morgan fingerprint density at radius 1 is 1.07 bits per heavy atom. The van der Waals surface area contributed by atoms with Crippen LogP contribution in [0.15, 0.2) is 0 Å². The zero-order valence-electron chi connectivity index (χ0n) is 8.61. The molecule has 0 atom stereocenters. The third-order valence-corrected chi connectivity index (χ3v) is 3.15. The topological polar surface area (TPSA) is 69.6 Å². The quantitative estimate of drug-likeness (QED) is 0.561. The third kappa shape index (κ3) is 2.54. The van der Waals surface area contributed by atoms with Crippen molar-refractivity contribution in [3.63, 3.8) is 0 Å². The number of piperazine rings is 1. The van der Waals surface area contributed by atoms with Gasteiger partial charge in [0.15, 0.2) is 0 Å². The molecule has 0 spiro atoms. The van der Waals surface area contributed by atoms with E-state index in [4.69, 9.17) is 0 Å². The fourth-order valence-corrected chi connectivity index (χ4v) is 2.34. The van der Waals surface area contributed by atoms with Crippen molar-refractivity contribution in [3.05, 3.63) is 0 Å². The predicted molar refractivity (Wildman–Crippen MR) is 53.0 cm³/mol. The van der Waals surface area contributed by atoms with Gasteiger partial charge in [-0.05, 0) is 25.7 Å². The smallest absolute Gasteiger partial charge is 0.240 e. The van der Waals surface area contributed by atoms with Gasteiger partial charge in [0.2, 0.25) is 11.8 Å². The summed E-state index contributed by atoms with van der Waals surface area (Å²) in [7, 11) is 0. The summed E-state index contributed by atoms with van der Waals surface area (Å²) < 4.78 is 0. The van der Waals surface area contributed by atoms with Gasteiger partial charge in [-0.25, -0.2) is 0 Å². The molecule has 1 aliphatic heterocycles. The first kappa shape index (κ1) is 10.6. The summed E-state index contributed by atoms with van der Waals surface area (Å²) in [6.07, 6.45) is 3.10. The molecule has 2 amide bonds. The van der Waals surface area contributed by atoms with E-state index in [9.17, 15) is 14.7 Å². The van der Waals surface area contributed by atoms with Gasteiger partial charge in [0, 0.05) is 6.04 Å². The number of hydrogen-bond acceptors (Lipinski definition) is 4. The normalized spacial score (nSPS) is 33.9. The lowest BCUT2D eigenvalue weighted by molar-refractivity contribution is -0.137. The summed E-state index contributed by atoms with van der Waals surface area (Å²) in [4.78, 5) is 24.3. The van der Waals surface area contributed by atoms with Crippen LogP contribution in [0.3, 0.4) is 0 Å². The van der Waals surface area contributed by atoms with E-state index in [2.05, 4.69) is 5.32 Å². The zero-order valence-corrected chi connectivity index (χ0v) is 8.61. The van der Waals surface area contributed by atoms with Crippen LogP contribution in [-0.2, 0) is 9.59 Å². The fourth-order valence-electron chi connectivity index (χ4n) is 2.34. The lowest BCUT2D eigenvalue weighted by Gasteiger charge is -2.36. The highest BCUT2D eigenvalue weighted by atomic mass is 16.3. The number of amides is 2. The second-order valence-corrected chi connectivity index (χ2v) is 4.34.